The van der Waals surface area contributed by atoms with Crippen molar-refractivity contribution in [2.45, 2.75) is 12.4 Å². The minimum Gasteiger partial charge on any atom is -0.355 e. The number of hydrogen-bond donors (Lipinski definition) is 0. The second kappa shape index (κ2) is 5.06. The van der Waals surface area contributed by atoms with Crippen LogP contribution in [-0.4, -0.2) is 23.7 Å². The average Bonchev–Trinajstić information content (AvgIpc) is 2.63. The van der Waals surface area contributed by atoms with Gasteiger partial charge in [-0.05, 0) is 12.5 Å². The molecule has 1 heterocycles. The van der Waals surface area contributed by atoms with Gasteiger partial charge in [-0.2, -0.15) is 26.7 Å². The van der Waals surface area contributed by atoms with E-state index in [0.29, 0.717) is 11.3 Å². The van der Waals surface area contributed by atoms with E-state index in [-0.39, 0.29) is 5.56 Å². The van der Waals surface area contributed by atoms with Crippen molar-refractivity contribution < 1.29 is 25.8 Å². The van der Waals surface area contributed by atoms with E-state index in [2.05, 4.69) is 9.28 Å². The zero-order chi connectivity index (χ0) is 15.8. The number of alkyl halides is 3. The van der Waals surface area contributed by atoms with Crippen molar-refractivity contribution in [2.24, 2.45) is 7.05 Å². The SMILES string of the molecule is Cc1nn(C)c(OS(=O)(=O)C(F)(F)F)c1-c1ccccc1. The first kappa shape index (κ1) is 15.4. The lowest BCUT2D eigenvalue weighted by Crippen LogP contribution is -2.28. The van der Waals surface area contributed by atoms with Crippen molar-refractivity contribution in [2.75, 3.05) is 0 Å². The van der Waals surface area contributed by atoms with Crippen molar-refractivity contribution >= 4 is 10.1 Å². The van der Waals surface area contributed by atoms with Gasteiger partial charge in [0.15, 0.2) is 0 Å². The zero-order valence-electron chi connectivity index (χ0n) is 11.0. The number of aromatic nitrogens is 2. The summed E-state index contributed by atoms with van der Waals surface area (Å²) in [5, 5.41) is 3.91. The molecule has 0 spiro atoms. The molecule has 21 heavy (non-hydrogen) atoms. The first-order valence-corrected chi connectivity index (χ1v) is 7.14. The van der Waals surface area contributed by atoms with Crippen molar-refractivity contribution in [1.82, 2.24) is 9.78 Å². The number of nitrogens with zero attached hydrogens (tertiary/aromatic N) is 2. The molecule has 0 aliphatic rings. The minimum atomic E-state index is -5.75. The summed E-state index contributed by atoms with van der Waals surface area (Å²) in [5.41, 5.74) is -4.43. The third kappa shape index (κ3) is 2.87. The first-order chi connectivity index (χ1) is 9.63. The molecule has 2 aromatic rings. The Balaban J connectivity index is 2.57. The molecule has 1 aromatic carbocycles. The summed E-state index contributed by atoms with van der Waals surface area (Å²) in [7, 11) is -4.45. The lowest BCUT2D eigenvalue weighted by Gasteiger charge is -2.11. The maximum atomic E-state index is 12.4. The van der Waals surface area contributed by atoms with Gasteiger partial charge in [0.05, 0.1) is 11.3 Å². The summed E-state index contributed by atoms with van der Waals surface area (Å²) in [5.74, 6) is -0.476. The zero-order valence-corrected chi connectivity index (χ0v) is 11.9. The monoisotopic (exact) mass is 320 g/mol. The van der Waals surface area contributed by atoms with Gasteiger partial charge >= 0.3 is 15.6 Å². The van der Waals surface area contributed by atoms with Crippen LogP contribution in [0.3, 0.4) is 0 Å². The van der Waals surface area contributed by atoms with Gasteiger partial charge in [0.2, 0.25) is 5.88 Å². The molecule has 9 heteroatoms. The Morgan fingerprint density at radius 3 is 2.29 bits per heavy atom. The average molecular weight is 320 g/mol. The molecule has 2 rings (SSSR count). The minimum absolute atomic E-state index is 0.200. The second-order valence-electron chi connectivity index (χ2n) is 4.24. The van der Waals surface area contributed by atoms with E-state index in [1.54, 1.807) is 37.3 Å². The fourth-order valence-corrected chi connectivity index (χ4v) is 2.31. The molecular weight excluding hydrogens is 309 g/mol. The van der Waals surface area contributed by atoms with Crippen LogP contribution in [0.2, 0.25) is 0 Å². The molecular formula is C12H11F3N2O3S. The van der Waals surface area contributed by atoms with E-state index in [0.717, 1.165) is 4.68 Å². The van der Waals surface area contributed by atoms with Crippen molar-refractivity contribution in [1.29, 1.82) is 0 Å². The van der Waals surface area contributed by atoms with E-state index in [1.807, 2.05) is 0 Å². The fourth-order valence-electron chi connectivity index (χ4n) is 1.82. The van der Waals surface area contributed by atoms with Gasteiger partial charge in [0.1, 0.15) is 0 Å². The molecule has 0 saturated carbocycles. The molecule has 0 saturated heterocycles. The predicted molar refractivity (Wildman–Crippen MR) is 69.0 cm³/mol. The van der Waals surface area contributed by atoms with Crippen LogP contribution in [0.1, 0.15) is 5.69 Å². The molecule has 114 valence electrons. The molecule has 0 atom stereocenters. The van der Waals surface area contributed by atoms with E-state index >= 15 is 0 Å². The molecule has 0 aliphatic carbocycles. The third-order valence-electron chi connectivity index (χ3n) is 2.70. The number of halogens is 3. The summed E-state index contributed by atoms with van der Waals surface area (Å²) >= 11 is 0. The molecule has 0 N–H and O–H groups in total. The normalized spacial score (nSPS) is 12.4. The van der Waals surface area contributed by atoms with Crippen molar-refractivity contribution in [3.05, 3.63) is 36.0 Å². The Morgan fingerprint density at radius 1 is 1.19 bits per heavy atom. The highest BCUT2D eigenvalue weighted by Crippen LogP contribution is 2.36. The van der Waals surface area contributed by atoms with Crippen LogP contribution in [0.15, 0.2) is 30.3 Å². The summed E-state index contributed by atoms with van der Waals surface area (Å²) in [6.45, 7) is 1.55. The summed E-state index contributed by atoms with van der Waals surface area (Å²) in [6, 6.07) is 8.31. The smallest absolute Gasteiger partial charge is 0.355 e. The van der Waals surface area contributed by atoms with Crippen LogP contribution >= 0.6 is 0 Å². The molecule has 0 aliphatic heterocycles. The lowest BCUT2D eigenvalue weighted by molar-refractivity contribution is -0.0502. The van der Waals surface area contributed by atoms with Gasteiger partial charge in [-0.25, -0.2) is 4.68 Å². The summed E-state index contributed by atoms with van der Waals surface area (Å²) in [4.78, 5) is 0. The number of benzene rings is 1. The quantitative estimate of drug-likeness (QED) is 0.644. The third-order valence-corrected chi connectivity index (χ3v) is 3.65. The van der Waals surface area contributed by atoms with Crippen molar-refractivity contribution in [3.63, 3.8) is 0 Å². The Morgan fingerprint density at radius 2 is 1.76 bits per heavy atom. The van der Waals surface area contributed by atoms with E-state index in [9.17, 15) is 21.6 Å². The largest absolute Gasteiger partial charge is 0.534 e. The Labute approximate surface area is 119 Å². The van der Waals surface area contributed by atoms with E-state index in [4.69, 9.17) is 0 Å². The maximum absolute atomic E-state index is 12.4. The molecule has 1 aromatic heterocycles. The van der Waals surface area contributed by atoms with Crippen LogP contribution in [0.5, 0.6) is 5.88 Å². The molecule has 0 bridgehead atoms. The standard InChI is InChI=1S/C12H11F3N2O3S/c1-8-10(9-6-4-3-5-7-9)11(17(2)16-8)20-21(18,19)12(13,14)15/h3-7H,1-2H3. The van der Waals surface area contributed by atoms with Gasteiger partial charge in [0, 0.05) is 7.05 Å². The topological polar surface area (TPSA) is 61.2 Å². The number of rotatable bonds is 3. The Hall–Kier alpha value is -2.03. The van der Waals surface area contributed by atoms with Crippen LogP contribution < -0.4 is 4.18 Å². The van der Waals surface area contributed by atoms with Crippen LogP contribution in [0.4, 0.5) is 13.2 Å². The highest BCUT2D eigenvalue weighted by atomic mass is 32.2. The molecule has 5 nitrogen and oxygen atoms in total. The predicted octanol–water partition coefficient (Wildman–Crippen LogP) is 2.62. The molecule has 0 amide bonds. The lowest BCUT2D eigenvalue weighted by atomic mass is 10.1. The molecule has 0 unspecified atom stereocenters. The van der Waals surface area contributed by atoms with E-state index < -0.39 is 21.5 Å². The number of aryl methyl sites for hydroxylation is 2. The maximum Gasteiger partial charge on any atom is 0.534 e. The van der Waals surface area contributed by atoms with Crippen LogP contribution in [-0.2, 0) is 17.2 Å². The Kier molecular flexibility index (Phi) is 3.70. The van der Waals surface area contributed by atoms with Gasteiger partial charge < -0.3 is 4.18 Å². The molecule has 0 radical (unpaired) electrons. The van der Waals surface area contributed by atoms with Gasteiger partial charge in [-0.15, -0.1) is 0 Å². The van der Waals surface area contributed by atoms with Crippen LogP contribution in [0, 0.1) is 6.92 Å². The van der Waals surface area contributed by atoms with Crippen LogP contribution in [0.25, 0.3) is 11.1 Å². The van der Waals surface area contributed by atoms with Gasteiger partial charge in [-0.3, -0.25) is 0 Å². The number of hydrogen-bond acceptors (Lipinski definition) is 4. The first-order valence-electron chi connectivity index (χ1n) is 5.73. The van der Waals surface area contributed by atoms with E-state index in [1.165, 1.54) is 7.05 Å². The summed E-state index contributed by atoms with van der Waals surface area (Å²) in [6.07, 6.45) is 0. The second-order valence-corrected chi connectivity index (χ2v) is 5.78. The van der Waals surface area contributed by atoms with Gasteiger partial charge in [0.25, 0.3) is 0 Å². The summed E-state index contributed by atoms with van der Waals surface area (Å²) < 4.78 is 64.9. The molecule has 0 fully saturated rings. The highest BCUT2D eigenvalue weighted by molar-refractivity contribution is 7.88. The van der Waals surface area contributed by atoms with Gasteiger partial charge in [-0.1, -0.05) is 30.3 Å². The fraction of sp³-hybridized carbons (Fsp3) is 0.250. The highest BCUT2D eigenvalue weighted by Gasteiger charge is 2.49. The Bertz CT molecular complexity index is 752. The van der Waals surface area contributed by atoms with Crippen molar-refractivity contribution in [3.8, 4) is 17.0 Å².